The number of esters is 4. The SMILES string of the molecule is CC(=O)OCC1OC(NC(=O)Cn2sc3ccccc3c2=O)C(OC(C)=O)C(OC(C)=O)C1OC(C)=O. The van der Waals surface area contributed by atoms with Crippen molar-refractivity contribution in [2.24, 2.45) is 0 Å². The van der Waals surface area contributed by atoms with E-state index in [0.717, 1.165) is 39.2 Å². The molecular weight excluding hydrogens is 512 g/mol. The van der Waals surface area contributed by atoms with Crippen LogP contribution in [0.4, 0.5) is 0 Å². The highest BCUT2D eigenvalue weighted by Gasteiger charge is 2.52. The third kappa shape index (κ3) is 7.13. The Kier molecular flexibility index (Phi) is 8.99. The van der Waals surface area contributed by atoms with Crippen LogP contribution in [0.1, 0.15) is 27.7 Å². The number of hydrogen-bond acceptors (Lipinski definition) is 12. The van der Waals surface area contributed by atoms with E-state index >= 15 is 0 Å². The lowest BCUT2D eigenvalue weighted by atomic mass is 9.97. The molecule has 0 spiro atoms. The van der Waals surface area contributed by atoms with E-state index in [1.54, 1.807) is 24.3 Å². The van der Waals surface area contributed by atoms with Gasteiger partial charge in [-0.3, -0.25) is 32.7 Å². The average molecular weight is 539 g/mol. The zero-order valence-corrected chi connectivity index (χ0v) is 21.3. The molecular formula is C23H26N2O11S. The minimum Gasteiger partial charge on any atom is -0.463 e. The summed E-state index contributed by atoms with van der Waals surface area (Å²) in [6, 6.07) is 6.86. The van der Waals surface area contributed by atoms with Crippen molar-refractivity contribution in [1.82, 2.24) is 9.27 Å². The zero-order chi connectivity index (χ0) is 27.3. The van der Waals surface area contributed by atoms with Crippen LogP contribution in [-0.2, 0) is 54.2 Å². The Morgan fingerprint density at radius 2 is 1.49 bits per heavy atom. The van der Waals surface area contributed by atoms with Crippen molar-refractivity contribution in [2.45, 2.75) is 64.9 Å². The van der Waals surface area contributed by atoms with Gasteiger partial charge in [-0.1, -0.05) is 23.7 Å². The number of nitrogens with zero attached hydrogens (tertiary/aromatic N) is 1. The fourth-order valence-electron chi connectivity index (χ4n) is 3.80. The number of rotatable bonds is 8. The molecule has 37 heavy (non-hydrogen) atoms. The molecule has 0 bridgehead atoms. The summed E-state index contributed by atoms with van der Waals surface area (Å²) in [6.07, 6.45) is -6.83. The maximum atomic E-state index is 12.9. The van der Waals surface area contributed by atoms with Crippen LogP contribution in [0.3, 0.4) is 0 Å². The number of nitrogens with one attached hydrogen (secondary N) is 1. The molecule has 5 atom stereocenters. The van der Waals surface area contributed by atoms with Gasteiger partial charge in [0.2, 0.25) is 5.91 Å². The monoisotopic (exact) mass is 538 g/mol. The Morgan fingerprint density at radius 1 is 0.892 bits per heavy atom. The average Bonchev–Trinajstić information content (AvgIpc) is 3.10. The molecule has 2 heterocycles. The van der Waals surface area contributed by atoms with E-state index < -0.39 is 67.0 Å². The van der Waals surface area contributed by atoms with Gasteiger partial charge in [0.15, 0.2) is 24.5 Å². The van der Waals surface area contributed by atoms with E-state index in [4.69, 9.17) is 23.7 Å². The number of hydrogen-bond donors (Lipinski definition) is 1. The smallest absolute Gasteiger partial charge is 0.303 e. The highest BCUT2D eigenvalue weighted by molar-refractivity contribution is 7.13. The number of aromatic nitrogens is 1. The Labute approximate surface area is 214 Å². The van der Waals surface area contributed by atoms with Gasteiger partial charge < -0.3 is 29.0 Å². The molecule has 1 N–H and O–H groups in total. The highest BCUT2D eigenvalue weighted by atomic mass is 32.1. The summed E-state index contributed by atoms with van der Waals surface area (Å²) >= 11 is 1.09. The standard InChI is InChI=1S/C23H26N2O11S/c1-11(26)32-10-16-19(33-12(2)27)20(34-13(3)28)21(35-14(4)29)22(36-16)24-18(30)9-25-23(31)15-7-5-6-8-17(15)37-25/h5-8,16,19-22H,9-10H2,1-4H3,(H,24,30). The Morgan fingerprint density at radius 3 is 2.08 bits per heavy atom. The van der Waals surface area contributed by atoms with E-state index in [-0.39, 0.29) is 12.1 Å². The highest BCUT2D eigenvalue weighted by Crippen LogP contribution is 2.28. The first-order chi connectivity index (χ1) is 17.5. The van der Waals surface area contributed by atoms with Gasteiger partial charge in [-0.05, 0) is 12.1 Å². The molecule has 0 saturated carbocycles. The van der Waals surface area contributed by atoms with Gasteiger partial charge in [0, 0.05) is 27.7 Å². The molecule has 1 saturated heterocycles. The minimum absolute atomic E-state index is 0.364. The molecule has 0 aliphatic carbocycles. The molecule has 1 amide bonds. The van der Waals surface area contributed by atoms with Gasteiger partial charge in [0.1, 0.15) is 19.3 Å². The van der Waals surface area contributed by atoms with Crippen LogP contribution in [0.15, 0.2) is 29.1 Å². The quantitative estimate of drug-likeness (QED) is 0.362. The molecule has 200 valence electrons. The topological polar surface area (TPSA) is 166 Å². The summed E-state index contributed by atoms with van der Waals surface area (Å²) in [5, 5.41) is 2.98. The van der Waals surface area contributed by atoms with Crippen molar-refractivity contribution < 1.29 is 47.7 Å². The van der Waals surface area contributed by atoms with E-state index in [1.807, 2.05) is 0 Å². The fraction of sp³-hybridized carbons (Fsp3) is 0.478. The van der Waals surface area contributed by atoms with Crippen LogP contribution in [0, 0.1) is 0 Å². The predicted octanol–water partition coefficient (Wildman–Crippen LogP) is 0.262. The molecule has 1 aliphatic heterocycles. The van der Waals surface area contributed by atoms with Crippen LogP contribution in [-0.4, -0.2) is 71.0 Å². The predicted molar refractivity (Wildman–Crippen MR) is 126 cm³/mol. The first kappa shape index (κ1) is 27.8. The molecule has 2 aromatic rings. The van der Waals surface area contributed by atoms with Gasteiger partial charge in [-0.15, -0.1) is 0 Å². The first-order valence-corrected chi connectivity index (χ1v) is 11.9. The second-order valence-corrected chi connectivity index (χ2v) is 9.18. The van der Waals surface area contributed by atoms with Crippen LogP contribution in [0.2, 0.25) is 0 Å². The lowest BCUT2D eigenvalue weighted by Crippen LogP contribution is -2.66. The number of ether oxygens (including phenoxy) is 5. The molecule has 5 unspecified atom stereocenters. The van der Waals surface area contributed by atoms with E-state index in [2.05, 4.69) is 5.32 Å². The summed E-state index contributed by atoms with van der Waals surface area (Å²) in [7, 11) is 0. The van der Waals surface area contributed by atoms with E-state index in [9.17, 15) is 28.8 Å². The van der Waals surface area contributed by atoms with Gasteiger partial charge in [-0.2, -0.15) is 0 Å². The van der Waals surface area contributed by atoms with Crippen LogP contribution in [0.25, 0.3) is 10.1 Å². The Bertz CT molecular complexity index is 1250. The van der Waals surface area contributed by atoms with Crippen LogP contribution in [0.5, 0.6) is 0 Å². The third-order valence-electron chi connectivity index (χ3n) is 5.13. The van der Waals surface area contributed by atoms with Crippen molar-refractivity contribution in [3.05, 3.63) is 34.6 Å². The second-order valence-electron chi connectivity index (χ2n) is 8.12. The second kappa shape index (κ2) is 12.0. The number of carbonyl (C=O) groups excluding carboxylic acids is 5. The molecule has 1 aliphatic rings. The Balaban J connectivity index is 1.91. The van der Waals surface area contributed by atoms with Crippen molar-refractivity contribution in [2.75, 3.05) is 6.61 Å². The number of fused-ring (bicyclic) bond motifs is 1. The summed E-state index contributed by atoms with van der Waals surface area (Å²) in [4.78, 5) is 72.5. The van der Waals surface area contributed by atoms with E-state index in [0.29, 0.717) is 10.1 Å². The molecule has 1 fully saturated rings. The van der Waals surface area contributed by atoms with Gasteiger partial charge >= 0.3 is 23.9 Å². The summed E-state index contributed by atoms with van der Waals surface area (Å²) in [6.45, 7) is 3.62. The number of carbonyl (C=O) groups is 5. The normalized spacial score (nSPS) is 23.1. The van der Waals surface area contributed by atoms with Crippen molar-refractivity contribution in [3.63, 3.8) is 0 Å². The van der Waals surface area contributed by atoms with Crippen LogP contribution >= 0.6 is 11.5 Å². The number of benzene rings is 1. The van der Waals surface area contributed by atoms with Gasteiger partial charge in [0.05, 0.1) is 10.1 Å². The minimum atomic E-state index is -1.44. The first-order valence-electron chi connectivity index (χ1n) is 11.1. The third-order valence-corrected chi connectivity index (χ3v) is 6.20. The largest absolute Gasteiger partial charge is 0.463 e. The van der Waals surface area contributed by atoms with E-state index in [1.165, 1.54) is 3.96 Å². The molecule has 3 rings (SSSR count). The summed E-state index contributed by atoms with van der Waals surface area (Å²) in [5.74, 6) is -3.72. The maximum Gasteiger partial charge on any atom is 0.303 e. The van der Waals surface area contributed by atoms with Crippen molar-refractivity contribution >= 4 is 51.4 Å². The van der Waals surface area contributed by atoms with Gasteiger partial charge in [-0.25, -0.2) is 0 Å². The summed E-state index contributed by atoms with van der Waals surface area (Å²) < 4.78 is 28.7. The Hall–Kier alpha value is -3.78. The lowest BCUT2D eigenvalue weighted by Gasteiger charge is -2.44. The van der Waals surface area contributed by atoms with Gasteiger partial charge in [0.25, 0.3) is 5.56 Å². The fourth-order valence-corrected chi connectivity index (χ4v) is 4.79. The molecule has 14 heteroatoms. The lowest BCUT2D eigenvalue weighted by molar-refractivity contribution is -0.257. The van der Waals surface area contributed by atoms with Crippen LogP contribution < -0.4 is 10.9 Å². The molecule has 0 radical (unpaired) electrons. The molecule has 1 aromatic heterocycles. The zero-order valence-electron chi connectivity index (χ0n) is 20.5. The summed E-state index contributed by atoms with van der Waals surface area (Å²) in [5.41, 5.74) is -0.364. The number of amides is 1. The molecule has 1 aromatic carbocycles. The van der Waals surface area contributed by atoms with Crippen molar-refractivity contribution in [3.8, 4) is 0 Å². The molecule has 13 nitrogen and oxygen atoms in total. The van der Waals surface area contributed by atoms with Crippen molar-refractivity contribution in [1.29, 1.82) is 0 Å². The maximum absolute atomic E-state index is 12.9.